The summed E-state index contributed by atoms with van der Waals surface area (Å²) in [5.41, 5.74) is 4.02. The lowest BCUT2D eigenvalue weighted by Gasteiger charge is -2.35. The summed E-state index contributed by atoms with van der Waals surface area (Å²) in [4.78, 5) is 16.5. The Bertz CT molecular complexity index is 1090. The van der Waals surface area contributed by atoms with Gasteiger partial charge in [0, 0.05) is 24.7 Å². The number of methoxy groups -OCH3 is 1. The molecular formula is C24H32N2O6S. The van der Waals surface area contributed by atoms with E-state index in [-0.39, 0.29) is 19.1 Å². The van der Waals surface area contributed by atoms with Crippen LogP contribution in [0.25, 0.3) is 11.3 Å². The number of nitrogens with zero attached hydrogens (tertiary/aromatic N) is 2. The van der Waals surface area contributed by atoms with Crippen molar-refractivity contribution in [2.75, 3.05) is 33.4 Å². The van der Waals surface area contributed by atoms with Crippen molar-refractivity contribution < 1.29 is 27.8 Å². The Morgan fingerprint density at radius 3 is 2.52 bits per heavy atom. The van der Waals surface area contributed by atoms with Crippen molar-refractivity contribution in [3.8, 4) is 17.1 Å². The molecule has 180 valence electrons. The summed E-state index contributed by atoms with van der Waals surface area (Å²) < 4.78 is 35.9. The molecule has 0 atom stereocenters. The summed E-state index contributed by atoms with van der Waals surface area (Å²) in [6, 6.07) is 11.8. The molecule has 1 fully saturated rings. The van der Waals surface area contributed by atoms with Crippen LogP contribution in [0, 0.1) is 6.92 Å². The molecule has 1 aromatic heterocycles. The second-order valence-electron chi connectivity index (χ2n) is 8.69. The maximum absolute atomic E-state index is 13.0. The molecule has 0 saturated carbocycles. The Morgan fingerprint density at radius 2 is 1.91 bits per heavy atom. The number of rotatable bonds is 8. The predicted molar refractivity (Wildman–Crippen MR) is 126 cm³/mol. The number of pyridine rings is 1. The first-order chi connectivity index (χ1) is 15.6. The van der Waals surface area contributed by atoms with E-state index in [4.69, 9.17) is 14.6 Å². The topological polar surface area (TPSA) is 106 Å². The first-order valence-corrected chi connectivity index (χ1v) is 12.5. The number of hydrogen-bond acceptors (Lipinski definition) is 7. The molecule has 1 N–H and O–H groups in total. The molecule has 1 aliphatic heterocycles. The van der Waals surface area contributed by atoms with Crippen LogP contribution in [0.3, 0.4) is 0 Å². The molecule has 2 heterocycles. The van der Waals surface area contributed by atoms with Crippen molar-refractivity contribution >= 4 is 16.0 Å². The molecular weight excluding hydrogens is 444 g/mol. The van der Waals surface area contributed by atoms with Gasteiger partial charge in [-0.2, -0.15) is 0 Å². The molecule has 0 spiro atoms. The number of aromatic nitrogens is 1. The van der Waals surface area contributed by atoms with Gasteiger partial charge in [0.1, 0.15) is 6.61 Å². The SMILES string of the molecule is COC(=O)C(C)(C)S(=O)(=O)N1CCC(c2ccc(-c3cccc(OCCO)n3)c(C)c2)CC1. The average Bonchev–Trinajstić information content (AvgIpc) is 2.82. The van der Waals surface area contributed by atoms with Gasteiger partial charge >= 0.3 is 5.97 Å². The Morgan fingerprint density at radius 1 is 1.21 bits per heavy atom. The van der Waals surface area contributed by atoms with Crippen molar-refractivity contribution in [3.05, 3.63) is 47.5 Å². The zero-order valence-electron chi connectivity index (χ0n) is 19.6. The van der Waals surface area contributed by atoms with E-state index >= 15 is 0 Å². The fraction of sp³-hybridized carbons (Fsp3) is 0.500. The van der Waals surface area contributed by atoms with Gasteiger partial charge in [-0.05, 0) is 56.7 Å². The zero-order valence-corrected chi connectivity index (χ0v) is 20.4. The smallest absolute Gasteiger partial charge is 0.328 e. The van der Waals surface area contributed by atoms with Crippen molar-refractivity contribution in [2.24, 2.45) is 0 Å². The monoisotopic (exact) mass is 476 g/mol. The van der Waals surface area contributed by atoms with Crippen molar-refractivity contribution in [1.29, 1.82) is 0 Å². The van der Waals surface area contributed by atoms with Gasteiger partial charge in [-0.15, -0.1) is 0 Å². The molecule has 1 saturated heterocycles. The van der Waals surface area contributed by atoms with Gasteiger partial charge in [0.05, 0.1) is 19.4 Å². The number of carbonyl (C=O) groups is 1. The van der Waals surface area contributed by atoms with Crippen molar-refractivity contribution in [3.63, 3.8) is 0 Å². The summed E-state index contributed by atoms with van der Waals surface area (Å²) in [6.07, 6.45) is 1.36. The normalized spacial score (nSPS) is 15.9. The van der Waals surface area contributed by atoms with E-state index in [0.29, 0.717) is 31.8 Å². The van der Waals surface area contributed by atoms with Gasteiger partial charge in [-0.1, -0.05) is 24.3 Å². The fourth-order valence-corrected chi connectivity index (χ4v) is 5.76. The first kappa shape index (κ1) is 25.1. The highest BCUT2D eigenvalue weighted by molar-refractivity contribution is 7.91. The van der Waals surface area contributed by atoms with E-state index in [0.717, 1.165) is 22.4 Å². The fourth-order valence-electron chi connectivity index (χ4n) is 4.13. The number of aryl methyl sites for hydroxylation is 1. The third-order valence-electron chi connectivity index (χ3n) is 6.18. The number of aliphatic hydroxyl groups is 1. The lowest BCUT2D eigenvalue weighted by molar-refractivity contribution is -0.142. The highest BCUT2D eigenvalue weighted by atomic mass is 32.2. The Balaban J connectivity index is 1.72. The number of sulfonamides is 1. The van der Waals surface area contributed by atoms with Crippen molar-refractivity contribution in [2.45, 2.75) is 44.3 Å². The average molecular weight is 477 g/mol. The van der Waals surface area contributed by atoms with Crippen LogP contribution in [-0.4, -0.2) is 66.9 Å². The number of carbonyl (C=O) groups excluding carboxylic acids is 1. The minimum Gasteiger partial charge on any atom is -0.475 e. The maximum Gasteiger partial charge on any atom is 0.328 e. The lowest BCUT2D eigenvalue weighted by Crippen LogP contribution is -2.52. The largest absolute Gasteiger partial charge is 0.475 e. The highest BCUT2D eigenvalue weighted by Gasteiger charge is 2.47. The number of ether oxygens (including phenoxy) is 2. The molecule has 0 unspecified atom stereocenters. The minimum atomic E-state index is -3.82. The Kier molecular flexibility index (Phi) is 7.76. The van der Waals surface area contributed by atoms with Gasteiger partial charge < -0.3 is 14.6 Å². The van der Waals surface area contributed by atoms with Crippen LogP contribution in [-0.2, 0) is 19.6 Å². The molecule has 2 aromatic rings. The molecule has 0 aliphatic carbocycles. The van der Waals surface area contributed by atoms with Crippen LogP contribution >= 0.6 is 0 Å². The predicted octanol–water partition coefficient (Wildman–Crippen LogP) is 2.89. The zero-order chi connectivity index (χ0) is 24.2. The van der Waals surface area contributed by atoms with Crippen LogP contribution in [0.1, 0.15) is 43.7 Å². The quantitative estimate of drug-likeness (QED) is 0.584. The van der Waals surface area contributed by atoms with Crippen LogP contribution in [0.4, 0.5) is 0 Å². The Labute approximate surface area is 195 Å². The molecule has 1 aliphatic rings. The van der Waals surface area contributed by atoms with Crippen molar-refractivity contribution in [1.82, 2.24) is 9.29 Å². The summed E-state index contributed by atoms with van der Waals surface area (Å²) >= 11 is 0. The number of benzene rings is 1. The molecule has 8 nitrogen and oxygen atoms in total. The molecule has 3 rings (SSSR count). The number of hydrogen-bond donors (Lipinski definition) is 1. The first-order valence-electron chi connectivity index (χ1n) is 11.0. The number of esters is 1. The summed E-state index contributed by atoms with van der Waals surface area (Å²) in [5, 5.41) is 8.94. The van der Waals surface area contributed by atoms with E-state index in [1.165, 1.54) is 25.3 Å². The molecule has 33 heavy (non-hydrogen) atoms. The van der Waals surface area contributed by atoms with E-state index < -0.39 is 20.7 Å². The van der Waals surface area contributed by atoms with Gasteiger partial charge in [0.25, 0.3) is 0 Å². The molecule has 0 bridgehead atoms. The second kappa shape index (κ2) is 10.2. The van der Waals surface area contributed by atoms with Crippen LogP contribution in [0.5, 0.6) is 5.88 Å². The van der Waals surface area contributed by atoms with Crippen LogP contribution in [0.15, 0.2) is 36.4 Å². The van der Waals surface area contributed by atoms with Gasteiger partial charge in [0.2, 0.25) is 15.9 Å². The summed E-state index contributed by atoms with van der Waals surface area (Å²) in [6.45, 7) is 5.65. The number of aliphatic hydroxyl groups excluding tert-OH is 1. The van der Waals surface area contributed by atoms with E-state index in [9.17, 15) is 13.2 Å². The minimum absolute atomic E-state index is 0.0695. The lowest BCUT2D eigenvalue weighted by atomic mass is 9.88. The third kappa shape index (κ3) is 5.20. The maximum atomic E-state index is 13.0. The van der Waals surface area contributed by atoms with Gasteiger partial charge in [0.15, 0.2) is 4.75 Å². The molecule has 1 aromatic carbocycles. The standard InChI is InChI=1S/C24H32N2O6S/c1-17-16-19(8-9-20(17)21-6-5-7-22(25-21)32-15-14-27)18-10-12-26(13-11-18)33(29,30)24(2,3)23(28)31-4/h5-9,16,18,27H,10-15H2,1-4H3. The van der Waals surface area contributed by atoms with E-state index in [2.05, 4.69) is 17.1 Å². The summed E-state index contributed by atoms with van der Waals surface area (Å²) in [7, 11) is -2.62. The van der Waals surface area contributed by atoms with Gasteiger partial charge in [-0.25, -0.2) is 17.7 Å². The van der Waals surface area contributed by atoms with Crippen LogP contribution < -0.4 is 4.74 Å². The third-order valence-corrected chi connectivity index (χ3v) is 8.68. The molecule has 0 radical (unpaired) electrons. The van der Waals surface area contributed by atoms with E-state index in [1.54, 1.807) is 6.07 Å². The number of piperidine rings is 1. The van der Waals surface area contributed by atoms with Crippen LogP contribution in [0.2, 0.25) is 0 Å². The van der Waals surface area contributed by atoms with E-state index in [1.807, 2.05) is 25.1 Å². The van der Waals surface area contributed by atoms with Gasteiger partial charge in [-0.3, -0.25) is 4.79 Å². The summed E-state index contributed by atoms with van der Waals surface area (Å²) in [5.74, 6) is -0.0543. The second-order valence-corrected chi connectivity index (χ2v) is 11.2. The highest BCUT2D eigenvalue weighted by Crippen LogP contribution is 2.34. The molecule has 0 amide bonds. The Hall–Kier alpha value is -2.49. The molecule has 9 heteroatoms.